The highest BCUT2D eigenvalue weighted by Gasteiger charge is 2.22. The number of aryl methyl sites for hydroxylation is 2. The zero-order valence-electron chi connectivity index (χ0n) is 19.3. The van der Waals surface area contributed by atoms with E-state index < -0.39 is 18.4 Å². The molecule has 0 spiro atoms. The first kappa shape index (κ1) is 24.3. The quantitative estimate of drug-likeness (QED) is 0.227. The van der Waals surface area contributed by atoms with Crippen molar-refractivity contribution in [2.24, 2.45) is 0 Å². The number of benzene rings is 2. The van der Waals surface area contributed by atoms with Gasteiger partial charge in [-0.05, 0) is 74.1 Å². The zero-order chi connectivity index (χ0) is 23.6. The lowest BCUT2D eigenvalue weighted by molar-refractivity contribution is -0.162. The van der Waals surface area contributed by atoms with Crippen molar-refractivity contribution in [1.82, 2.24) is 0 Å². The Morgan fingerprint density at radius 1 is 1.06 bits per heavy atom. The summed E-state index contributed by atoms with van der Waals surface area (Å²) in [6.07, 6.45) is 3.04. The topological polar surface area (TPSA) is 80.3 Å². The molecule has 0 radical (unpaired) electrons. The molecule has 1 fully saturated rings. The molecule has 7 nitrogen and oxygen atoms in total. The Balaban J connectivity index is 1.72. The molecule has 0 aromatic heterocycles. The van der Waals surface area contributed by atoms with E-state index in [4.69, 9.17) is 23.7 Å². The van der Waals surface area contributed by atoms with Crippen LogP contribution in [0.15, 0.2) is 48.2 Å². The molecule has 1 saturated heterocycles. The van der Waals surface area contributed by atoms with Gasteiger partial charge in [-0.3, -0.25) is 0 Å². The molecule has 0 amide bonds. The van der Waals surface area contributed by atoms with Crippen LogP contribution < -0.4 is 4.74 Å². The van der Waals surface area contributed by atoms with Crippen LogP contribution >= 0.6 is 0 Å². The van der Waals surface area contributed by atoms with Crippen molar-refractivity contribution >= 4 is 18.2 Å². The highest BCUT2D eigenvalue weighted by molar-refractivity contribution is 5.91. The number of ether oxygens (including phenoxy) is 5. The summed E-state index contributed by atoms with van der Waals surface area (Å²) in [6.45, 7) is 6.34. The normalized spacial score (nSPS) is 16.1. The van der Waals surface area contributed by atoms with Crippen LogP contribution in [0.4, 0.5) is 4.79 Å². The summed E-state index contributed by atoms with van der Waals surface area (Å²) < 4.78 is 27.2. The predicted octanol–water partition coefficient (Wildman–Crippen LogP) is 5.47. The Kier molecular flexibility index (Phi) is 8.89. The van der Waals surface area contributed by atoms with E-state index in [-0.39, 0.29) is 19.0 Å². The number of hydrogen-bond donors (Lipinski definition) is 0. The third-order valence-electron chi connectivity index (χ3n) is 5.04. The number of esters is 1. The summed E-state index contributed by atoms with van der Waals surface area (Å²) in [7, 11) is 0. The van der Waals surface area contributed by atoms with Gasteiger partial charge in [-0.15, -0.1) is 0 Å². The largest absolute Gasteiger partial charge is 0.514 e. The molecular weight excluding hydrogens is 424 g/mol. The molecule has 0 aliphatic carbocycles. The van der Waals surface area contributed by atoms with Crippen LogP contribution in [0.2, 0.25) is 0 Å². The predicted molar refractivity (Wildman–Crippen MR) is 122 cm³/mol. The summed E-state index contributed by atoms with van der Waals surface area (Å²) >= 11 is 0. The smallest absolute Gasteiger partial charge is 0.460 e. The molecule has 0 saturated carbocycles. The number of hydrogen-bond acceptors (Lipinski definition) is 7. The van der Waals surface area contributed by atoms with Crippen LogP contribution in [0.25, 0.3) is 6.08 Å². The lowest BCUT2D eigenvalue weighted by atomic mass is 10.0. The molecular formula is C26H30O7. The standard InChI is InChI=1S/C26H30O7/c1-4-29-25(27)22(32-23-12-8-9-13-30-23)16-21-14-18(2)24(19(3)15-21)33-26(28)31-17-20-10-6-5-7-11-20/h5-7,10-11,14-16,23H,4,8-9,12-13,17H2,1-3H3. The van der Waals surface area contributed by atoms with Crippen molar-refractivity contribution in [2.45, 2.75) is 52.9 Å². The van der Waals surface area contributed by atoms with Crippen LogP contribution in [-0.4, -0.2) is 31.6 Å². The van der Waals surface area contributed by atoms with E-state index in [0.29, 0.717) is 24.3 Å². The van der Waals surface area contributed by atoms with Crippen molar-refractivity contribution in [3.8, 4) is 5.75 Å². The van der Waals surface area contributed by atoms with Crippen LogP contribution in [0.3, 0.4) is 0 Å². The second-order valence-corrected chi connectivity index (χ2v) is 7.75. The molecule has 1 heterocycles. The van der Waals surface area contributed by atoms with E-state index in [2.05, 4.69) is 0 Å². The molecule has 3 rings (SSSR count). The third kappa shape index (κ3) is 7.36. The molecule has 0 bridgehead atoms. The van der Waals surface area contributed by atoms with E-state index in [1.807, 2.05) is 44.2 Å². The van der Waals surface area contributed by atoms with Gasteiger partial charge in [-0.25, -0.2) is 9.59 Å². The molecule has 2 aromatic rings. The van der Waals surface area contributed by atoms with Crippen molar-refractivity contribution in [3.05, 3.63) is 70.5 Å². The van der Waals surface area contributed by atoms with Crippen LogP contribution in [-0.2, 0) is 30.3 Å². The van der Waals surface area contributed by atoms with Gasteiger partial charge in [0.2, 0.25) is 5.76 Å². The molecule has 1 aliphatic rings. The van der Waals surface area contributed by atoms with Gasteiger partial charge in [0.15, 0.2) is 6.29 Å². The minimum absolute atomic E-state index is 0.0819. The molecule has 2 aromatic carbocycles. The van der Waals surface area contributed by atoms with Crippen molar-refractivity contribution in [1.29, 1.82) is 0 Å². The first-order chi connectivity index (χ1) is 16.0. The van der Waals surface area contributed by atoms with Gasteiger partial charge < -0.3 is 23.7 Å². The summed E-state index contributed by atoms with van der Waals surface area (Å²) in [5.74, 6) is -0.0512. The Labute approximate surface area is 194 Å². The van der Waals surface area contributed by atoms with Crippen LogP contribution in [0.5, 0.6) is 5.75 Å². The van der Waals surface area contributed by atoms with Gasteiger partial charge in [0.05, 0.1) is 13.2 Å². The second kappa shape index (κ2) is 12.1. The summed E-state index contributed by atoms with van der Waals surface area (Å²) in [4.78, 5) is 24.6. The minimum Gasteiger partial charge on any atom is -0.460 e. The minimum atomic E-state index is -0.779. The monoisotopic (exact) mass is 454 g/mol. The van der Waals surface area contributed by atoms with Crippen LogP contribution in [0.1, 0.15) is 48.4 Å². The Morgan fingerprint density at radius 3 is 2.42 bits per heavy atom. The fraction of sp³-hybridized carbons (Fsp3) is 0.385. The SMILES string of the molecule is CCOC(=O)C(=Cc1cc(C)c(OC(=O)OCc2ccccc2)c(C)c1)OC1CCCCO1. The molecule has 1 atom stereocenters. The molecule has 176 valence electrons. The van der Waals surface area contributed by atoms with Gasteiger partial charge in [-0.2, -0.15) is 0 Å². The molecule has 1 aliphatic heterocycles. The van der Waals surface area contributed by atoms with Crippen molar-refractivity contribution in [2.75, 3.05) is 13.2 Å². The third-order valence-corrected chi connectivity index (χ3v) is 5.04. The average molecular weight is 455 g/mol. The van der Waals surface area contributed by atoms with Gasteiger partial charge in [0.25, 0.3) is 0 Å². The highest BCUT2D eigenvalue weighted by Crippen LogP contribution is 2.27. The highest BCUT2D eigenvalue weighted by atomic mass is 16.7. The lowest BCUT2D eigenvalue weighted by Gasteiger charge is -2.24. The van der Waals surface area contributed by atoms with Crippen molar-refractivity contribution in [3.63, 3.8) is 0 Å². The number of rotatable bonds is 8. The van der Waals surface area contributed by atoms with Gasteiger partial charge in [0, 0.05) is 6.42 Å². The maximum absolute atomic E-state index is 12.4. The summed E-state index contributed by atoms with van der Waals surface area (Å²) in [6, 6.07) is 13.0. The Hall–Kier alpha value is -3.32. The van der Waals surface area contributed by atoms with E-state index in [1.54, 1.807) is 25.1 Å². The average Bonchev–Trinajstić information content (AvgIpc) is 2.81. The number of carbonyl (C=O) groups excluding carboxylic acids is 2. The van der Waals surface area contributed by atoms with E-state index >= 15 is 0 Å². The Bertz CT molecular complexity index is 952. The molecule has 33 heavy (non-hydrogen) atoms. The fourth-order valence-electron chi connectivity index (χ4n) is 3.50. The van der Waals surface area contributed by atoms with Crippen LogP contribution in [0, 0.1) is 13.8 Å². The molecule has 0 N–H and O–H groups in total. The fourth-order valence-corrected chi connectivity index (χ4v) is 3.50. The lowest BCUT2D eigenvalue weighted by Crippen LogP contribution is -2.24. The Morgan fingerprint density at radius 2 is 1.79 bits per heavy atom. The van der Waals surface area contributed by atoms with Gasteiger partial charge in [-0.1, -0.05) is 30.3 Å². The summed E-state index contributed by atoms with van der Waals surface area (Å²) in [5, 5.41) is 0. The van der Waals surface area contributed by atoms with Gasteiger partial charge in [0.1, 0.15) is 12.4 Å². The van der Waals surface area contributed by atoms with Crippen molar-refractivity contribution < 1.29 is 33.3 Å². The first-order valence-electron chi connectivity index (χ1n) is 11.1. The van der Waals surface area contributed by atoms with E-state index in [0.717, 1.165) is 29.5 Å². The van der Waals surface area contributed by atoms with E-state index in [1.165, 1.54) is 0 Å². The van der Waals surface area contributed by atoms with E-state index in [9.17, 15) is 9.59 Å². The first-order valence-corrected chi connectivity index (χ1v) is 11.1. The number of carbonyl (C=O) groups is 2. The zero-order valence-corrected chi connectivity index (χ0v) is 19.3. The molecule has 7 heteroatoms. The maximum atomic E-state index is 12.4. The summed E-state index contributed by atoms with van der Waals surface area (Å²) in [5.41, 5.74) is 3.02. The maximum Gasteiger partial charge on any atom is 0.514 e. The van der Waals surface area contributed by atoms with Gasteiger partial charge >= 0.3 is 12.1 Å². The molecule has 1 unspecified atom stereocenters. The second-order valence-electron chi connectivity index (χ2n) is 7.75.